The molecule has 1 saturated heterocycles. The second kappa shape index (κ2) is 8.54. The maximum absolute atomic E-state index is 12.1. The van der Waals surface area contributed by atoms with E-state index in [0.717, 1.165) is 25.9 Å². The average Bonchev–Trinajstić information content (AvgIpc) is 3.30. The van der Waals surface area contributed by atoms with Gasteiger partial charge in [-0.3, -0.25) is 0 Å². The Hall–Kier alpha value is -0.870. The Balaban J connectivity index is 1.49. The smallest absolute Gasteiger partial charge is 0.178 e. The largest absolute Gasteiger partial charge is 0.373 e. The van der Waals surface area contributed by atoms with E-state index in [2.05, 4.69) is 0 Å². The third-order valence-electron chi connectivity index (χ3n) is 3.94. The molecular weight excluding hydrogens is 284 g/mol. The molecule has 1 fully saturated rings. The summed E-state index contributed by atoms with van der Waals surface area (Å²) in [5.74, 6) is 0.274. The zero-order chi connectivity index (χ0) is 15.0. The van der Waals surface area contributed by atoms with Gasteiger partial charge in [0.15, 0.2) is 9.84 Å². The summed E-state index contributed by atoms with van der Waals surface area (Å²) in [6, 6.07) is 8.76. The minimum absolute atomic E-state index is 0.274. The summed E-state index contributed by atoms with van der Waals surface area (Å²) >= 11 is 0. The van der Waals surface area contributed by atoms with Crippen molar-refractivity contribution < 1.29 is 13.2 Å². The molecule has 2 rings (SSSR count). The van der Waals surface area contributed by atoms with Gasteiger partial charge in [0.25, 0.3) is 0 Å². The molecule has 0 N–H and O–H groups in total. The van der Waals surface area contributed by atoms with Gasteiger partial charge >= 0.3 is 0 Å². The second-order valence-corrected chi connectivity index (χ2v) is 7.96. The number of rotatable bonds is 11. The van der Waals surface area contributed by atoms with E-state index in [4.69, 9.17) is 4.74 Å². The Kier molecular flexibility index (Phi) is 6.71. The number of ether oxygens (including phenoxy) is 1. The van der Waals surface area contributed by atoms with Crippen molar-refractivity contribution in [2.75, 3.05) is 12.4 Å². The van der Waals surface area contributed by atoms with E-state index in [1.54, 1.807) is 24.3 Å². The van der Waals surface area contributed by atoms with Crippen molar-refractivity contribution in [2.45, 2.75) is 62.4 Å². The first-order valence-corrected chi connectivity index (χ1v) is 9.73. The molecule has 0 amide bonds. The van der Waals surface area contributed by atoms with Crippen LogP contribution in [0.1, 0.15) is 51.4 Å². The molecule has 4 heteroatoms. The molecule has 0 bridgehead atoms. The first kappa shape index (κ1) is 16.5. The van der Waals surface area contributed by atoms with Crippen molar-refractivity contribution in [3.05, 3.63) is 30.3 Å². The van der Waals surface area contributed by atoms with Crippen molar-refractivity contribution in [1.82, 2.24) is 0 Å². The number of hydrogen-bond donors (Lipinski definition) is 0. The topological polar surface area (TPSA) is 46.7 Å². The molecule has 3 nitrogen and oxygen atoms in total. The molecular formula is C17H26O3S. The highest BCUT2D eigenvalue weighted by molar-refractivity contribution is 7.91. The van der Waals surface area contributed by atoms with Gasteiger partial charge < -0.3 is 4.74 Å². The summed E-state index contributed by atoms with van der Waals surface area (Å²) in [5, 5.41) is 0. The third kappa shape index (κ3) is 6.62. The second-order valence-electron chi connectivity index (χ2n) is 5.85. The summed E-state index contributed by atoms with van der Waals surface area (Å²) in [5.41, 5.74) is 0. The van der Waals surface area contributed by atoms with Crippen LogP contribution in [0.3, 0.4) is 0 Å². The maximum Gasteiger partial charge on any atom is 0.178 e. The summed E-state index contributed by atoms with van der Waals surface area (Å²) < 4.78 is 29.3. The predicted octanol–water partition coefficient (Wildman–Crippen LogP) is 3.98. The highest BCUT2D eigenvalue weighted by Gasteiger charge is 2.20. The Morgan fingerprint density at radius 2 is 1.48 bits per heavy atom. The molecule has 0 aromatic heterocycles. The fraction of sp³-hybridized carbons (Fsp3) is 0.647. The van der Waals surface area contributed by atoms with Crippen LogP contribution in [0.2, 0.25) is 0 Å². The fourth-order valence-corrected chi connectivity index (χ4v) is 3.92. The summed E-state index contributed by atoms with van der Waals surface area (Å²) in [6.07, 6.45) is 9.74. The summed E-state index contributed by atoms with van der Waals surface area (Å²) in [7, 11) is -3.08. The molecule has 1 heterocycles. The van der Waals surface area contributed by atoms with Crippen LogP contribution in [0.4, 0.5) is 0 Å². The van der Waals surface area contributed by atoms with Gasteiger partial charge in [-0.1, -0.05) is 56.7 Å². The van der Waals surface area contributed by atoms with Gasteiger partial charge in [-0.15, -0.1) is 0 Å². The highest BCUT2D eigenvalue weighted by Crippen LogP contribution is 2.18. The van der Waals surface area contributed by atoms with E-state index < -0.39 is 9.84 Å². The van der Waals surface area contributed by atoms with E-state index in [-0.39, 0.29) is 5.75 Å². The van der Waals surface area contributed by atoms with Crippen LogP contribution in [-0.4, -0.2) is 26.9 Å². The monoisotopic (exact) mass is 310 g/mol. The average molecular weight is 310 g/mol. The van der Waals surface area contributed by atoms with Gasteiger partial charge in [-0.25, -0.2) is 8.42 Å². The van der Waals surface area contributed by atoms with Gasteiger partial charge in [0.2, 0.25) is 0 Å². The lowest BCUT2D eigenvalue weighted by Gasteiger charge is -2.04. The molecule has 1 aromatic carbocycles. The van der Waals surface area contributed by atoms with Crippen LogP contribution in [0, 0.1) is 0 Å². The molecule has 118 valence electrons. The Bertz CT molecular complexity index is 492. The molecule has 0 saturated carbocycles. The lowest BCUT2D eigenvalue weighted by atomic mass is 10.1. The van der Waals surface area contributed by atoms with Crippen molar-refractivity contribution in [3.63, 3.8) is 0 Å². The predicted molar refractivity (Wildman–Crippen MR) is 85.2 cm³/mol. The zero-order valence-electron chi connectivity index (χ0n) is 12.7. The van der Waals surface area contributed by atoms with Crippen LogP contribution in [0.25, 0.3) is 0 Å². The third-order valence-corrected chi connectivity index (χ3v) is 5.76. The molecule has 0 aliphatic carbocycles. The molecule has 1 aliphatic rings. The molecule has 21 heavy (non-hydrogen) atoms. The van der Waals surface area contributed by atoms with Crippen LogP contribution < -0.4 is 0 Å². The normalized spacial score (nSPS) is 17.8. The van der Waals surface area contributed by atoms with E-state index in [9.17, 15) is 8.42 Å². The summed E-state index contributed by atoms with van der Waals surface area (Å²) in [4.78, 5) is 0.451. The zero-order valence-corrected chi connectivity index (χ0v) is 13.5. The SMILES string of the molecule is O=S(=O)(CCCCCCCCC[C@H]1CO1)c1ccccc1. The van der Waals surface area contributed by atoms with Gasteiger partial charge in [0, 0.05) is 0 Å². The standard InChI is InChI=1S/C17H26O3S/c18-21(19,17-12-8-6-9-13-17)14-10-5-3-1-2-4-7-11-16-15-20-16/h6,8-9,12-13,16H,1-5,7,10-11,14-15H2/t16-/m0/s1. The lowest BCUT2D eigenvalue weighted by Crippen LogP contribution is -2.06. The minimum atomic E-state index is -3.08. The molecule has 1 aromatic rings. The first-order chi connectivity index (χ1) is 10.2. The van der Waals surface area contributed by atoms with E-state index in [1.165, 1.54) is 32.1 Å². The van der Waals surface area contributed by atoms with Crippen LogP contribution >= 0.6 is 0 Å². The van der Waals surface area contributed by atoms with Crippen molar-refractivity contribution in [3.8, 4) is 0 Å². The van der Waals surface area contributed by atoms with E-state index >= 15 is 0 Å². The number of sulfone groups is 1. The quantitative estimate of drug-likeness (QED) is 0.459. The molecule has 0 radical (unpaired) electrons. The van der Waals surface area contributed by atoms with Crippen LogP contribution in [0.5, 0.6) is 0 Å². The first-order valence-electron chi connectivity index (χ1n) is 8.08. The Morgan fingerprint density at radius 3 is 2.10 bits per heavy atom. The minimum Gasteiger partial charge on any atom is -0.373 e. The number of unbranched alkanes of at least 4 members (excludes halogenated alkanes) is 6. The molecule has 0 unspecified atom stereocenters. The van der Waals surface area contributed by atoms with Gasteiger partial charge in [0.1, 0.15) is 0 Å². The molecule has 1 aliphatic heterocycles. The number of epoxide rings is 1. The number of hydrogen-bond acceptors (Lipinski definition) is 3. The van der Waals surface area contributed by atoms with E-state index in [1.807, 2.05) is 6.07 Å². The molecule has 0 spiro atoms. The number of benzene rings is 1. The van der Waals surface area contributed by atoms with Crippen LogP contribution in [0.15, 0.2) is 35.2 Å². The Labute approximate surface area is 128 Å². The lowest BCUT2D eigenvalue weighted by molar-refractivity contribution is 0.387. The van der Waals surface area contributed by atoms with Gasteiger partial charge in [-0.05, 0) is 25.0 Å². The maximum atomic E-state index is 12.1. The molecule has 1 atom stereocenters. The highest BCUT2D eigenvalue weighted by atomic mass is 32.2. The van der Waals surface area contributed by atoms with Crippen molar-refractivity contribution in [2.24, 2.45) is 0 Å². The Morgan fingerprint density at radius 1 is 0.905 bits per heavy atom. The summed E-state index contributed by atoms with van der Waals surface area (Å²) in [6.45, 7) is 0.968. The van der Waals surface area contributed by atoms with E-state index in [0.29, 0.717) is 11.0 Å². The van der Waals surface area contributed by atoms with Crippen molar-refractivity contribution >= 4 is 9.84 Å². The van der Waals surface area contributed by atoms with Crippen molar-refractivity contribution in [1.29, 1.82) is 0 Å². The fourth-order valence-electron chi connectivity index (χ4n) is 2.53. The van der Waals surface area contributed by atoms with Gasteiger partial charge in [0.05, 0.1) is 23.4 Å². The van der Waals surface area contributed by atoms with Crippen LogP contribution in [-0.2, 0) is 14.6 Å². The van der Waals surface area contributed by atoms with Gasteiger partial charge in [-0.2, -0.15) is 0 Å².